The Balaban J connectivity index is 1.88. The number of ketones is 1. The number of para-hydroxylation sites is 1. The fraction of sp³-hybridized carbons (Fsp3) is 0.562. The zero-order valence-corrected chi connectivity index (χ0v) is 12.6. The van der Waals surface area contributed by atoms with Crippen LogP contribution in [-0.2, 0) is 0 Å². The van der Waals surface area contributed by atoms with Gasteiger partial charge in [-0.1, -0.05) is 12.1 Å². The van der Waals surface area contributed by atoms with Crippen LogP contribution in [0.5, 0.6) is 5.75 Å². The van der Waals surface area contributed by atoms with E-state index in [9.17, 15) is 4.79 Å². The monoisotopic (exact) mass is 276 g/mol. The molecule has 2 atom stereocenters. The predicted octanol–water partition coefficient (Wildman–Crippen LogP) is 1.95. The first-order valence-electron chi connectivity index (χ1n) is 7.28. The lowest BCUT2D eigenvalue weighted by Crippen LogP contribution is -2.55. The van der Waals surface area contributed by atoms with E-state index < -0.39 is 0 Å². The first-order valence-corrected chi connectivity index (χ1v) is 7.28. The van der Waals surface area contributed by atoms with E-state index in [4.69, 9.17) is 4.74 Å². The van der Waals surface area contributed by atoms with Gasteiger partial charge < -0.3 is 10.1 Å². The average Bonchev–Trinajstić information content (AvgIpc) is 2.43. The van der Waals surface area contributed by atoms with Crippen molar-refractivity contribution in [1.29, 1.82) is 0 Å². The molecule has 4 nitrogen and oxygen atoms in total. The van der Waals surface area contributed by atoms with Crippen LogP contribution in [0.15, 0.2) is 24.3 Å². The number of nitrogens with one attached hydrogen (secondary N) is 1. The molecule has 1 heterocycles. The van der Waals surface area contributed by atoms with Crippen LogP contribution in [0.4, 0.5) is 0 Å². The predicted molar refractivity (Wildman–Crippen MR) is 80.4 cm³/mol. The van der Waals surface area contributed by atoms with Crippen molar-refractivity contribution in [3.63, 3.8) is 0 Å². The van der Waals surface area contributed by atoms with Crippen molar-refractivity contribution < 1.29 is 9.53 Å². The van der Waals surface area contributed by atoms with Crippen LogP contribution in [0.25, 0.3) is 0 Å². The number of ether oxygens (including phenoxy) is 1. The largest absolute Gasteiger partial charge is 0.491 e. The van der Waals surface area contributed by atoms with Crippen LogP contribution >= 0.6 is 0 Å². The Labute approximate surface area is 121 Å². The second kappa shape index (κ2) is 6.86. The van der Waals surface area contributed by atoms with Crippen molar-refractivity contribution in [2.45, 2.75) is 32.9 Å². The summed E-state index contributed by atoms with van der Waals surface area (Å²) in [5.74, 6) is 0.737. The zero-order chi connectivity index (χ0) is 14.5. The Morgan fingerprint density at radius 1 is 1.40 bits per heavy atom. The second-order valence-electron chi connectivity index (χ2n) is 5.55. The van der Waals surface area contributed by atoms with E-state index in [1.165, 1.54) is 0 Å². The smallest absolute Gasteiger partial charge is 0.163 e. The van der Waals surface area contributed by atoms with Gasteiger partial charge >= 0.3 is 0 Å². The zero-order valence-electron chi connectivity index (χ0n) is 12.6. The number of hydrogen-bond acceptors (Lipinski definition) is 4. The lowest BCUT2D eigenvalue weighted by atomic mass is 10.1. The van der Waals surface area contributed by atoms with Crippen molar-refractivity contribution in [2.24, 2.45) is 0 Å². The highest BCUT2D eigenvalue weighted by molar-refractivity contribution is 5.96. The lowest BCUT2D eigenvalue weighted by molar-refractivity contribution is 0.100. The molecule has 0 radical (unpaired) electrons. The van der Waals surface area contributed by atoms with Crippen LogP contribution in [0.2, 0.25) is 0 Å². The molecule has 1 aromatic rings. The molecule has 0 spiro atoms. The molecule has 110 valence electrons. The molecule has 0 aromatic heterocycles. The fourth-order valence-electron chi connectivity index (χ4n) is 2.56. The molecular formula is C16H24N2O2. The summed E-state index contributed by atoms with van der Waals surface area (Å²) in [5.41, 5.74) is 0.661. The highest BCUT2D eigenvalue weighted by Crippen LogP contribution is 2.18. The maximum Gasteiger partial charge on any atom is 0.163 e. The number of piperazine rings is 1. The highest BCUT2D eigenvalue weighted by Gasteiger charge is 2.21. The van der Waals surface area contributed by atoms with Gasteiger partial charge in [-0.25, -0.2) is 0 Å². The third-order valence-corrected chi connectivity index (χ3v) is 3.80. The summed E-state index contributed by atoms with van der Waals surface area (Å²) in [5, 5.41) is 3.47. The van der Waals surface area contributed by atoms with Crippen molar-refractivity contribution in [3.8, 4) is 5.75 Å². The number of hydrogen-bond donors (Lipinski definition) is 1. The third-order valence-electron chi connectivity index (χ3n) is 3.80. The van der Waals surface area contributed by atoms with Gasteiger partial charge in [0.2, 0.25) is 0 Å². The lowest BCUT2D eigenvalue weighted by Gasteiger charge is -2.37. The summed E-state index contributed by atoms with van der Waals surface area (Å²) in [4.78, 5) is 14.0. The molecular weight excluding hydrogens is 252 g/mol. The second-order valence-corrected chi connectivity index (χ2v) is 5.55. The molecule has 20 heavy (non-hydrogen) atoms. The van der Waals surface area contributed by atoms with Gasteiger partial charge in [-0.2, -0.15) is 0 Å². The van der Waals surface area contributed by atoms with E-state index in [-0.39, 0.29) is 5.78 Å². The van der Waals surface area contributed by atoms with Gasteiger partial charge in [0.15, 0.2) is 5.78 Å². The summed E-state index contributed by atoms with van der Waals surface area (Å²) in [6.07, 6.45) is 0. The van der Waals surface area contributed by atoms with Crippen LogP contribution in [0.3, 0.4) is 0 Å². The minimum Gasteiger partial charge on any atom is -0.491 e. The van der Waals surface area contributed by atoms with Crippen LogP contribution in [-0.4, -0.2) is 49.0 Å². The Morgan fingerprint density at radius 3 is 2.90 bits per heavy atom. The van der Waals surface area contributed by atoms with Crippen molar-refractivity contribution >= 4 is 5.78 Å². The van der Waals surface area contributed by atoms with E-state index in [0.29, 0.717) is 30.0 Å². The third kappa shape index (κ3) is 3.81. The van der Waals surface area contributed by atoms with Crippen LogP contribution in [0, 0.1) is 0 Å². The molecule has 0 bridgehead atoms. The normalized spacial score (nSPS) is 23.6. The molecule has 4 heteroatoms. The van der Waals surface area contributed by atoms with Crippen LogP contribution in [0.1, 0.15) is 31.1 Å². The maximum absolute atomic E-state index is 11.5. The van der Waals surface area contributed by atoms with Crippen LogP contribution < -0.4 is 10.1 Å². The van der Waals surface area contributed by atoms with Gasteiger partial charge in [0.25, 0.3) is 0 Å². The molecule has 1 N–H and O–H groups in total. The van der Waals surface area contributed by atoms with Crippen molar-refractivity contribution in [2.75, 3.05) is 26.2 Å². The van der Waals surface area contributed by atoms with Gasteiger partial charge in [0, 0.05) is 31.7 Å². The first-order chi connectivity index (χ1) is 9.58. The number of carbonyl (C=O) groups is 1. The SMILES string of the molecule is CC(=O)c1ccccc1OCCN1CC(C)NCC1C. The molecule has 1 fully saturated rings. The summed E-state index contributed by atoms with van der Waals surface area (Å²) < 4.78 is 5.80. The molecule has 1 aliphatic heterocycles. The van der Waals surface area contributed by atoms with E-state index >= 15 is 0 Å². The molecule has 0 saturated carbocycles. The van der Waals surface area contributed by atoms with Crippen molar-refractivity contribution in [1.82, 2.24) is 10.2 Å². The Bertz CT molecular complexity index is 462. The summed E-state index contributed by atoms with van der Waals surface area (Å²) in [6, 6.07) is 8.49. The number of nitrogens with zero attached hydrogens (tertiary/aromatic N) is 1. The number of rotatable bonds is 5. The maximum atomic E-state index is 11.5. The standard InChI is InChI=1S/C16H24N2O2/c1-12-11-18(13(2)10-17-12)8-9-20-16-7-5-4-6-15(16)14(3)19/h4-7,12-13,17H,8-11H2,1-3H3. The van der Waals surface area contributed by atoms with E-state index in [1.54, 1.807) is 6.92 Å². The summed E-state index contributed by atoms with van der Waals surface area (Å²) in [6.45, 7) is 9.56. The molecule has 0 amide bonds. The average molecular weight is 276 g/mol. The van der Waals surface area contributed by atoms with Gasteiger partial charge in [-0.05, 0) is 32.9 Å². The number of Topliss-reactive ketones (excluding diaryl/α,β-unsaturated/α-hetero) is 1. The minimum atomic E-state index is 0.0461. The Kier molecular flexibility index (Phi) is 5.15. The van der Waals surface area contributed by atoms with Gasteiger partial charge in [-0.15, -0.1) is 0 Å². The molecule has 0 aliphatic carbocycles. The fourth-order valence-corrected chi connectivity index (χ4v) is 2.56. The van der Waals surface area contributed by atoms with E-state index in [0.717, 1.165) is 19.6 Å². The highest BCUT2D eigenvalue weighted by atomic mass is 16.5. The number of benzene rings is 1. The summed E-state index contributed by atoms with van der Waals surface area (Å²) in [7, 11) is 0. The minimum absolute atomic E-state index is 0.0461. The first kappa shape index (κ1) is 15.0. The van der Waals surface area contributed by atoms with Gasteiger partial charge in [0.1, 0.15) is 12.4 Å². The molecule has 1 saturated heterocycles. The van der Waals surface area contributed by atoms with Gasteiger partial charge in [0.05, 0.1) is 5.56 Å². The quantitative estimate of drug-likeness (QED) is 0.835. The Morgan fingerprint density at radius 2 is 2.15 bits per heavy atom. The number of carbonyl (C=O) groups excluding carboxylic acids is 1. The van der Waals surface area contributed by atoms with Crippen molar-refractivity contribution in [3.05, 3.63) is 29.8 Å². The Hall–Kier alpha value is -1.39. The molecule has 1 aromatic carbocycles. The van der Waals surface area contributed by atoms with E-state index in [1.807, 2.05) is 24.3 Å². The summed E-state index contributed by atoms with van der Waals surface area (Å²) >= 11 is 0. The van der Waals surface area contributed by atoms with E-state index in [2.05, 4.69) is 24.1 Å². The topological polar surface area (TPSA) is 41.6 Å². The molecule has 1 aliphatic rings. The molecule has 2 rings (SSSR count). The van der Waals surface area contributed by atoms with Gasteiger partial charge in [-0.3, -0.25) is 9.69 Å². The molecule has 2 unspecified atom stereocenters.